The number of ether oxygens (including phenoxy) is 1. The number of benzene rings is 1. The highest BCUT2D eigenvalue weighted by Gasteiger charge is 2.35. The molecule has 0 saturated heterocycles. The van der Waals surface area contributed by atoms with E-state index in [0.29, 0.717) is 10.8 Å². The molecule has 18 heavy (non-hydrogen) atoms. The van der Waals surface area contributed by atoms with Crippen LogP contribution in [0.5, 0.6) is 11.5 Å². The molecule has 0 spiro atoms. The molecule has 1 aliphatic carbocycles. The van der Waals surface area contributed by atoms with E-state index in [-0.39, 0.29) is 5.75 Å². The summed E-state index contributed by atoms with van der Waals surface area (Å²) in [4.78, 5) is 0. The van der Waals surface area contributed by atoms with Crippen molar-refractivity contribution in [3.63, 3.8) is 0 Å². The maximum Gasteiger partial charge on any atom is 0.179 e. The Morgan fingerprint density at radius 3 is 2.50 bits per heavy atom. The van der Waals surface area contributed by atoms with Gasteiger partial charge in [-0.05, 0) is 31.4 Å². The van der Waals surface area contributed by atoms with Crippen LogP contribution in [-0.4, -0.2) is 12.2 Å². The molecule has 0 radical (unpaired) electrons. The molecular formula is C14H20ClNO2. The van der Waals surface area contributed by atoms with Gasteiger partial charge in [0.25, 0.3) is 0 Å². The molecule has 1 aliphatic rings. The minimum atomic E-state index is -0.454. The summed E-state index contributed by atoms with van der Waals surface area (Å²) in [6, 6.07) is 1.82. The number of aryl methyl sites for hydroxylation is 1. The fraction of sp³-hybridized carbons (Fsp3) is 0.571. The Hall–Kier alpha value is -0.930. The van der Waals surface area contributed by atoms with E-state index in [1.54, 1.807) is 0 Å². The predicted octanol–water partition coefficient (Wildman–Crippen LogP) is 3.48. The van der Waals surface area contributed by atoms with Crippen molar-refractivity contribution >= 4 is 11.6 Å². The first-order valence-corrected chi connectivity index (χ1v) is 6.73. The lowest BCUT2D eigenvalue weighted by Gasteiger charge is -2.36. The van der Waals surface area contributed by atoms with E-state index in [1.807, 2.05) is 13.0 Å². The van der Waals surface area contributed by atoms with Crippen molar-refractivity contribution in [1.29, 1.82) is 0 Å². The Balaban J connectivity index is 2.56. The minimum absolute atomic E-state index is 0.104. The summed E-state index contributed by atoms with van der Waals surface area (Å²) in [6.45, 7) is 1.93. The molecule has 100 valence electrons. The molecule has 0 heterocycles. The second-order valence-corrected chi connectivity index (χ2v) is 5.56. The lowest BCUT2D eigenvalue weighted by molar-refractivity contribution is 0.285. The molecule has 0 bridgehead atoms. The molecule has 1 fully saturated rings. The van der Waals surface area contributed by atoms with Crippen molar-refractivity contribution in [2.24, 2.45) is 5.73 Å². The van der Waals surface area contributed by atoms with Crippen molar-refractivity contribution in [1.82, 2.24) is 0 Å². The van der Waals surface area contributed by atoms with Crippen molar-refractivity contribution in [2.45, 2.75) is 44.6 Å². The Kier molecular flexibility index (Phi) is 3.74. The highest BCUT2D eigenvalue weighted by Crippen LogP contribution is 2.47. The summed E-state index contributed by atoms with van der Waals surface area (Å²) in [5.41, 5.74) is 7.77. The molecule has 3 N–H and O–H groups in total. The minimum Gasteiger partial charge on any atom is -0.504 e. The quantitative estimate of drug-likeness (QED) is 0.864. The summed E-state index contributed by atoms with van der Waals surface area (Å²) in [6.07, 6.45) is 5.20. The molecule has 0 aliphatic heterocycles. The number of nitrogens with two attached hydrogens (primary N) is 1. The first-order valence-electron chi connectivity index (χ1n) is 6.35. The van der Waals surface area contributed by atoms with Crippen LogP contribution in [0.4, 0.5) is 0 Å². The van der Waals surface area contributed by atoms with Crippen molar-refractivity contribution in [3.05, 3.63) is 22.2 Å². The van der Waals surface area contributed by atoms with Gasteiger partial charge in [-0.25, -0.2) is 0 Å². The number of phenolic OH excluding ortho intramolecular Hbond substituents is 1. The molecule has 2 rings (SSSR count). The van der Waals surface area contributed by atoms with Crippen LogP contribution in [-0.2, 0) is 5.54 Å². The largest absolute Gasteiger partial charge is 0.504 e. The zero-order chi connectivity index (χ0) is 13.3. The third-order valence-corrected chi connectivity index (χ3v) is 4.13. The highest BCUT2D eigenvalue weighted by molar-refractivity contribution is 6.32. The molecular weight excluding hydrogens is 250 g/mol. The highest BCUT2D eigenvalue weighted by atomic mass is 35.5. The molecule has 3 nitrogen and oxygen atoms in total. The van der Waals surface area contributed by atoms with E-state index in [0.717, 1.165) is 36.8 Å². The zero-order valence-electron chi connectivity index (χ0n) is 10.9. The first kappa shape index (κ1) is 13.5. The lowest BCUT2D eigenvalue weighted by Crippen LogP contribution is -2.39. The zero-order valence-corrected chi connectivity index (χ0v) is 11.7. The fourth-order valence-electron chi connectivity index (χ4n) is 3.00. The van der Waals surface area contributed by atoms with Crippen LogP contribution < -0.4 is 10.5 Å². The van der Waals surface area contributed by atoms with Crippen LogP contribution >= 0.6 is 11.6 Å². The predicted molar refractivity (Wildman–Crippen MR) is 73.4 cm³/mol. The van der Waals surface area contributed by atoms with Crippen LogP contribution in [0, 0.1) is 6.92 Å². The molecule has 1 aromatic rings. The van der Waals surface area contributed by atoms with Gasteiger partial charge in [0.15, 0.2) is 11.5 Å². The Morgan fingerprint density at radius 1 is 1.33 bits per heavy atom. The standard InChI is InChI=1S/C14H20ClNO2/c1-9-8-10(15)13(18-2)12(17)11(9)14(16)6-4-3-5-7-14/h8,17H,3-7,16H2,1-2H3. The van der Waals surface area contributed by atoms with Crippen LogP contribution in [0.1, 0.15) is 43.2 Å². The van der Waals surface area contributed by atoms with Gasteiger partial charge < -0.3 is 15.6 Å². The number of rotatable bonds is 2. The number of aromatic hydroxyl groups is 1. The molecule has 0 amide bonds. The fourth-order valence-corrected chi connectivity index (χ4v) is 3.33. The van der Waals surface area contributed by atoms with E-state index in [2.05, 4.69) is 0 Å². The van der Waals surface area contributed by atoms with Crippen molar-refractivity contribution in [2.75, 3.05) is 7.11 Å². The summed E-state index contributed by atoms with van der Waals surface area (Å²) in [7, 11) is 1.50. The van der Waals surface area contributed by atoms with Gasteiger partial charge in [0.05, 0.1) is 12.1 Å². The van der Waals surface area contributed by atoms with Gasteiger partial charge in [0.1, 0.15) is 0 Å². The number of methoxy groups -OCH3 is 1. The molecule has 4 heteroatoms. The lowest BCUT2D eigenvalue weighted by atomic mass is 9.75. The van der Waals surface area contributed by atoms with Gasteiger partial charge >= 0.3 is 0 Å². The normalized spacial score (nSPS) is 18.7. The topological polar surface area (TPSA) is 55.5 Å². The SMILES string of the molecule is COc1c(Cl)cc(C)c(C2(N)CCCCC2)c1O. The average molecular weight is 270 g/mol. The summed E-state index contributed by atoms with van der Waals surface area (Å²) in [5, 5.41) is 10.8. The summed E-state index contributed by atoms with van der Waals surface area (Å²) in [5.74, 6) is 0.430. The maximum atomic E-state index is 10.4. The van der Waals surface area contributed by atoms with Gasteiger partial charge in [0.2, 0.25) is 0 Å². The molecule has 0 atom stereocenters. The molecule has 0 aromatic heterocycles. The van der Waals surface area contributed by atoms with Gasteiger partial charge in [-0.1, -0.05) is 30.9 Å². The monoisotopic (exact) mass is 269 g/mol. The van der Waals surface area contributed by atoms with Gasteiger partial charge in [-0.15, -0.1) is 0 Å². The smallest absolute Gasteiger partial charge is 0.179 e. The second-order valence-electron chi connectivity index (χ2n) is 5.15. The number of phenols is 1. The van der Waals surface area contributed by atoms with E-state index in [9.17, 15) is 5.11 Å². The van der Waals surface area contributed by atoms with Gasteiger partial charge in [0, 0.05) is 11.1 Å². The molecule has 1 aromatic carbocycles. The maximum absolute atomic E-state index is 10.4. The van der Waals surface area contributed by atoms with Crippen molar-refractivity contribution < 1.29 is 9.84 Å². The number of hydrogen-bond donors (Lipinski definition) is 2. The molecule has 1 saturated carbocycles. The van der Waals surface area contributed by atoms with Crippen LogP contribution in [0.3, 0.4) is 0 Å². The van der Waals surface area contributed by atoms with E-state index in [1.165, 1.54) is 13.5 Å². The number of halogens is 1. The van der Waals surface area contributed by atoms with Crippen LogP contribution in [0.25, 0.3) is 0 Å². The number of hydrogen-bond acceptors (Lipinski definition) is 3. The van der Waals surface area contributed by atoms with Crippen LogP contribution in [0.15, 0.2) is 6.07 Å². The Bertz CT molecular complexity index is 454. The van der Waals surface area contributed by atoms with Gasteiger partial charge in [-0.3, -0.25) is 0 Å². The van der Waals surface area contributed by atoms with Crippen molar-refractivity contribution in [3.8, 4) is 11.5 Å². The summed E-state index contributed by atoms with van der Waals surface area (Å²) < 4.78 is 5.17. The molecule has 0 unspecified atom stereocenters. The third kappa shape index (κ3) is 2.17. The second kappa shape index (κ2) is 4.98. The van der Waals surface area contributed by atoms with E-state index >= 15 is 0 Å². The van der Waals surface area contributed by atoms with Gasteiger partial charge in [-0.2, -0.15) is 0 Å². The average Bonchev–Trinajstić information content (AvgIpc) is 2.29. The summed E-state index contributed by atoms with van der Waals surface area (Å²) >= 11 is 6.07. The third-order valence-electron chi connectivity index (χ3n) is 3.85. The van der Waals surface area contributed by atoms with E-state index < -0.39 is 5.54 Å². The first-order chi connectivity index (χ1) is 8.49. The Labute approximate surface area is 113 Å². The van der Waals surface area contributed by atoms with E-state index in [4.69, 9.17) is 22.1 Å². The Morgan fingerprint density at radius 2 is 1.94 bits per heavy atom. The van der Waals surface area contributed by atoms with Crippen LogP contribution in [0.2, 0.25) is 5.02 Å².